The fraction of sp³-hybridized carbons (Fsp3) is 0.667. The summed E-state index contributed by atoms with van der Waals surface area (Å²) in [5, 5.41) is 0. The maximum atomic E-state index is 13.0. The van der Waals surface area contributed by atoms with E-state index in [1.807, 2.05) is 0 Å². The van der Waals surface area contributed by atoms with Crippen LogP contribution in [0.3, 0.4) is 0 Å². The van der Waals surface area contributed by atoms with Gasteiger partial charge in [-0.25, -0.2) is 0 Å². The zero-order valence-corrected chi connectivity index (χ0v) is 12.9. The summed E-state index contributed by atoms with van der Waals surface area (Å²) in [4.78, 5) is 13.4. The van der Waals surface area contributed by atoms with Gasteiger partial charge in [0.25, 0.3) is 0 Å². The molecular weight excluding hydrogens is 324 g/mol. The van der Waals surface area contributed by atoms with E-state index < -0.39 is 46.8 Å². The molecule has 0 unspecified atom stereocenters. The minimum absolute atomic E-state index is 0.186. The van der Waals surface area contributed by atoms with Crippen molar-refractivity contribution in [1.29, 1.82) is 0 Å². The van der Waals surface area contributed by atoms with Crippen molar-refractivity contribution in [1.82, 2.24) is 4.90 Å². The molecule has 8 heteroatoms. The lowest BCUT2D eigenvalue weighted by Crippen LogP contribution is -2.43. The molecular formula is C15H17F6NO. The number of carbonyl (C=O) groups is 1. The van der Waals surface area contributed by atoms with E-state index in [-0.39, 0.29) is 13.0 Å². The van der Waals surface area contributed by atoms with E-state index in [1.165, 1.54) is 4.90 Å². The van der Waals surface area contributed by atoms with Crippen LogP contribution in [0, 0.1) is 5.41 Å². The molecule has 1 spiro atoms. The predicted molar refractivity (Wildman–Crippen MR) is 71.4 cm³/mol. The van der Waals surface area contributed by atoms with Crippen molar-refractivity contribution >= 4 is 5.91 Å². The second-order valence-corrected chi connectivity index (χ2v) is 7.07. The number of likely N-dealkylation sites (tertiary alicyclic amines) is 1. The largest absolute Gasteiger partial charge is 0.412 e. The average Bonchev–Trinajstić information content (AvgIpc) is 2.62. The summed E-state index contributed by atoms with van der Waals surface area (Å²) in [7, 11) is 0. The van der Waals surface area contributed by atoms with Gasteiger partial charge in [0.05, 0.1) is 0 Å². The summed E-state index contributed by atoms with van der Waals surface area (Å²) in [6, 6.07) is 0. The highest BCUT2D eigenvalue weighted by atomic mass is 19.4. The van der Waals surface area contributed by atoms with Crippen LogP contribution in [0.2, 0.25) is 0 Å². The van der Waals surface area contributed by atoms with Gasteiger partial charge in [0, 0.05) is 41.5 Å². The van der Waals surface area contributed by atoms with E-state index >= 15 is 0 Å². The van der Waals surface area contributed by atoms with Crippen LogP contribution in [0.5, 0.6) is 0 Å². The zero-order valence-electron chi connectivity index (χ0n) is 12.9. The fourth-order valence-electron chi connectivity index (χ4n) is 3.03. The highest BCUT2D eigenvalue weighted by Gasteiger charge is 2.51. The first-order valence-electron chi connectivity index (χ1n) is 7.02. The quantitative estimate of drug-likeness (QED) is 0.473. The molecule has 130 valence electrons. The number of nitrogens with zero attached hydrogens (tertiary/aromatic N) is 1. The number of hydrogen-bond donors (Lipinski definition) is 0. The van der Waals surface area contributed by atoms with Gasteiger partial charge in [0.15, 0.2) is 0 Å². The SMILES string of the molecule is CC(C)(C)N1CC2(C=C(C(F)(F)F)CC(C(F)(F)F)=C2)CC1=O. The van der Waals surface area contributed by atoms with E-state index in [9.17, 15) is 31.1 Å². The first-order valence-corrected chi connectivity index (χ1v) is 7.02. The molecule has 0 atom stereocenters. The van der Waals surface area contributed by atoms with Crippen LogP contribution in [-0.4, -0.2) is 35.2 Å². The van der Waals surface area contributed by atoms with Crippen LogP contribution >= 0.6 is 0 Å². The second kappa shape index (κ2) is 5.01. The van der Waals surface area contributed by atoms with Crippen molar-refractivity contribution in [3.05, 3.63) is 23.3 Å². The molecule has 1 fully saturated rings. The monoisotopic (exact) mass is 341 g/mol. The number of hydrogen-bond acceptors (Lipinski definition) is 1. The van der Waals surface area contributed by atoms with E-state index in [0.29, 0.717) is 0 Å². The molecule has 0 aromatic rings. The summed E-state index contributed by atoms with van der Waals surface area (Å²) >= 11 is 0. The lowest BCUT2D eigenvalue weighted by atomic mass is 9.77. The van der Waals surface area contributed by atoms with Gasteiger partial charge < -0.3 is 4.90 Å². The molecule has 1 aliphatic carbocycles. The number of rotatable bonds is 0. The number of halogens is 6. The zero-order chi connectivity index (χ0) is 17.8. The summed E-state index contributed by atoms with van der Waals surface area (Å²) in [6.45, 7) is 4.88. The maximum absolute atomic E-state index is 13.0. The van der Waals surface area contributed by atoms with Gasteiger partial charge in [-0.2, -0.15) is 26.3 Å². The van der Waals surface area contributed by atoms with E-state index in [2.05, 4.69) is 0 Å². The third-order valence-electron chi connectivity index (χ3n) is 4.08. The normalized spacial score (nSPS) is 22.5. The summed E-state index contributed by atoms with van der Waals surface area (Å²) < 4.78 is 78.0. The van der Waals surface area contributed by atoms with Crippen LogP contribution < -0.4 is 0 Å². The van der Waals surface area contributed by atoms with E-state index in [1.54, 1.807) is 20.8 Å². The number of amides is 1. The highest BCUT2D eigenvalue weighted by Crippen LogP contribution is 2.49. The second-order valence-electron chi connectivity index (χ2n) is 7.07. The Balaban J connectivity index is 2.50. The topological polar surface area (TPSA) is 20.3 Å². The summed E-state index contributed by atoms with van der Waals surface area (Å²) in [5.74, 6) is -0.449. The molecule has 0 radical (unpaired) electrons. The third-order valence-corrected chi connectivity index (χ3v) is 4.08. The predicted octanol–water partition coefficient (Wildman–Crippen LogP) is 4.38. The van der Waals surface area contributed by atoms with Gasteiger partial charge in [-0.05, 0) is 20.8 Å². The molecule has 23 heavy (non-hydrogen) atoms. The minimum atomic E-state index is -4.85. The van der Waals surface area contributed by atoms with Gasteiger partial charge in [-0.1, -0.05) is 12.2 Å². The van der Waals surface area contributed by atoms with Crippen molar-refractivity contribution < 1.29 is 31.1 Å². The van der Waals surface area contributed by atoms with Crippen LogP contribution in [0.25, 0.3) is 0 Å². The molecule has 0 aromatic heterocycles. The Kier molecular flexibility index (Phi) is 3.90. The van der Waals surface area contributed by atoms with Crippen molar-refractivity contribution in [3.63, 3.8) is 0 Å². The van der Waals surface area contributed by atoms with E-state index in [0.717, 1.165) is 12.2 Å². The molecule has 0 aromatic carbocycles. The van der Waals surface area contributed by atoms with E-state index in [4.69, 9.17) is 0 Å². The maximum Gasteiger partial charge on any atom is 0.412 e. The Hall–Kier alpha value is -1.47. The molecule has 1 heterocycles. The lowest BCUT2D eigenvalue weighted by Gasteiger charge is -2.35. The van der Waals surface area contributed by atoms with Crippen molar-refractivity contribution in [3.8, 4) is 0 Å². The fourth-order valence-corrected chi connectivity index (χ4v) is 3.03. The Morgan fingerprint density at radius 1 is 0.957 bits per heavy atom. The molecule has 0 saturated carbocycles. The van der Waals surface area contributed by atoms with Gasteiger partial charge in [0.2, 0.25) is 5.91 Å². The standard InChI is InChI=1S/C15H17F6NO/c1-12(2,3)22-8-13(7-11(22)23)5-9(14(16,17)18)4-10(6-13)15(19,20)21/h5-6H,4,7-8H2,1-3H3. The van der Waals surface area contributed by atoms with Gasteiger partial charge in [-0.15, -0.1) is 0 Å². The minimum Gasteiger partial charge on any atom is -0.337 e. The molecule has 1 saturated heterocycles. The Bertz CT molecular complexity index is 546. The van der Waals surface area contributed by atoms with Crippen LogP contribution in [0.1, 0.15) is 33.6 Å². The smallest absolute Gasteiger partial charge is 0.337 e. The van der Waals surface area contributed by atoms with Crippen molar-refractivity contribution in [2.75, 3.05) is 6.54 Å². The lowest BCUT2D eigenvalue weighted by molar-refractivity contribution is -0.131. The molecule has 1 aliphatic heterocycles. The number of carbonyl (C=O) groups excluding carboxylic acids is 1. The molecule has 1 amide bonds. The summed E-state index contributed by atoms with van der Waals surface area (Å²) in [6.07, 6.45) is -9.70. The van der Waals surface area contributed by atoms with Crippen LogP contribution in [-0.2, 0) is 4.79 Å². The molecule has 2 rings (SSSR count). The Morgan fingerprint density at radius 2 is 1.39 bits per heavy atom. The van der Waals surface area contributed by atoms with Crippen LogP contribution in [0.15, 0.2) is 23.3 Å². The Morgan fingerprint density at radius 3 is 1.70 bits per heavy atom. The van der Waals surface area contributed by atoms with Crippen LogP contribution in [0.4, 0.5) is 26.3 Å². The van der Waals surface area contributed by atoms with Crippen molar-refractivity contribution in [2.45, 2.75) is 51.5 Å². The molecule has 2 aliphatic rings. The molecule has 0 N–H and O–H groups in total. The van der Waals surface area contributed by atoms with Gasteiger partial charge in [0.1, 0.15) is 0 Å². The first-order chi connectivity index (χ1) is 10.1. The van der Waals surface area contributed by atoms with Gasteiger partial charge >= 0.3 is 12.4 Å². The van der Waals surface area contributed by atoms with Gasteiger partial charge in [-0.3, -0.25) is 4.79 Å². The highest BCUT2D eigenvalue weighted by molar-refractivity contribution is 5.81. The van der Waals surface area contributed by atoms with Crippen molar-refractivity contribution in [2.24, 2.45) is 5.41 Å². The number of alkyl halides is 6. The summed E-state index contributed by atoms with van der Waals surface area (Å²) in [5.41, 5.74) is -4.71. The molecule has 2 nitrogen and oxygen atoms in total. The first kappa shape index (κ1) is 17.9. The average molecular weight is 341 g/mol. The Labute approximate surface area is 129 Å². The molecule has 0 bridgehead atoms. The third kappa shape index (κ3) is 3.55. The number of allylic oxidation sites excluding steroid dienone is 2.